The third kappa shape index (κ3) is 1.87. The van der Waals surface area contributed by atoms with Gasteiger partial charge in [0.15, 0.2) is 5.78 Å². The van der Waals surface area contributed by atoms with Crippen molar-refractivity contribution in [2.75, 3.05) is 0 Å². The Labute approximate surface area is 167 Å². The monoisotopic (exact) mass is 378 g/mol. The first-order valence-corrected chi connectivity index (χ1v) is 11.3. The summed E-state index contributed by atoms with van der Waals surface area (Å²) in [5, 5.41) is 0. The number of hydrogen-bond donors (Lipinski definition) is 0. The molecular formula is C25H30O3. The van der Waals surface area contributed by atoms with E-state index in [9.17, 15) is 9.59 Å². The summed E-state index contributed by atoms with van der Waals surface area (Å²) in [6, 6.07) is 0. The first-order chi connectivity index (χ1) is 13.5. The second-order valence-corrected chi connectivity index (χ2v) is 10.3. The minimum atomic E-state index is -0.344. The fourth-order valence-corrected chi connectivity index (χ4v) is 8.90. The van der Waals surface area contributed by atoms with Gasteiger partial charge in [0.25, 0.3) is 0 Å². The van der Waals surface area contributed by atoms with Gasteiger partial charge >= 0.3 is 5.97 Å². The van der Waals surface area contributed by atoms with Crippen LogP contribution >= 0.6 is 0 Å². The topological polar surface area (TPSA) is 43.4 Å². The molecule has 28 heavy (non-hydrogen) atoms. The average Bonchev–Trinajstić information content (AvgIpc) is 3.34. The summed E-state index contributed by atoms with van der Waals surface area (Å²) in [7, 11) is 0. The molecule has 0 aromatic carbocycles. The second-order valence-electron chi connectivity index (χ2n) is 10.3. The van der Waals surface area contributed by atoms with Crippen molar-refractivity contribution < 1.29 is 14.3 Å². The summed E-state index contributed by atoms with van der Waals surface area (Å²) in [5.41, 5.74) is 1.15. The summed E-state index contributed by atoms with van der Waals surface area (Å²) in [4.78, 5) is 24.2. The van der Waals surface area contributed by atoms with E-state index in [4.69, 9.17) is 4.74 Å². The molecular weight excluding hydrogens is 348 g/mol. The fraction of sp³-hybridized carbons (Fsp3) is 0.680. The van der Waals surface area contributed by atoms with E-state index < -0.39 is 0 Å². The lowest BCUT2D eigenvalue weighted by atomic mass is 9.46. The smallest absolute Gasteiger partial charge is 0.331 e. The molecule has 0 radical (unpaired) electrons. The van der Waals surface area contributed by atoms with Gasteiger partial charge in [-0.15, -0.1) is 6.58 Å². The molecule has 4 fully saturated rings. The van der Waals surface area contributed by atoms with Crippen LogP contribution in [0.1, 0.15) is 51.9 Å². The van der Waals surface area contributed by atoms with E-state index in [-0.39, 0.29) is 17.0 Å². The Morgan fingerprint density at radius 2 is 2.14 bits per heavy atom. The molecule has 5 aliphatic carbocycles. The number of carbonyl (C=O) groups excluding carboxylic acids is 2. The Kier molecular flexibility index (Phi) is 3.38. The fourth-order valence-electron chi connectivity index (χ4n) is 8.90. The first-order valence-electron chi connectivity index (χ1n) is 11.3. The molecule has 0 amide bonds. The zero-order chi connectivity index (χ0) is 19.3. The lowest BCUT2D eigenvalue weighted by Gasteiger charge is -2.59. The molecule has 4 saturated carbocycles. The van der Waals surface area contributed by atoms with E-state index in [2.05, 4.69) is 25.7 Å². The molecule has 148 valence electrons. The summed E-state index contributed by atoms with van der Waals surface area (Å²) < 4.78 is 6.16. The number of fused-ring (bicyclic) bond motifs is 9. The number of esters is 1. The van der Waals surface area contributed by atoms with Crippen LogP contribution in [0.15, 0.2) is 36.5 Å². The van der Waals surface area contributed by atoms with Crippen molar-refractivity contribution in [2.45, 2.75) is 57.5 Å². The minimum Gasteiger partial charge on any atom is -0.451 e. The van der Waals surface area contributed by atoms with Crippen molar-refractivity contribution in [3.63, 3.8) is 0 Å². The lowest BCUT2D eigenvalue weighted by molar-refractivity contribution is -0.173. The van der Waals surface area contributed by atoms with Crippen molar-refractivity contribution in [1.82, 2.24) is 0 Å². The van der Waals surface area contributed by atoms with Gasteiger partial charge in [-0.05, 0) is 86.2 Å². The molecule has 3 unspecified atom stereocenters. The van der Waals surface area contributed by atoms with E-state index in [1.54, 1.807) is 6.08 Å². The Hall–Kier alpha value is -1.64. The predicted octanol–water partition coefficient (Wildman–Crippen LogP) is 4.64. The predicted molar refractivity (Wildman–Crippen MR) is 106 cm³/mol. The van der Waals surface area contributed by atoms with E-state index in [1.165, 1.54) is 18.4 Å². The van der Waals surface area contributed by atoms with Crippen LogP contribution in [0, 0.1) is 46.8 Å². The Morgan fingerprint density at radius 1 is 1.29 bits per heavy atom. The highest BCUT2D eigenvalue weighted by Gasteiger charge is 2.79. The van der Waals surface area contributed by atoms with Crippen molar-refractivity contribution in [3.8, 4) is 0 Å². The van der Waals surface area contributed by atoms with E-state index >= 15 is 0 Å². The van der Waals surface area contributed by atoms with Crippen LogP contribution in [0.2, 0.25) is 0 Å². The van der Waals surface area contributed by atoms with Crippen LogP contribution in [0.3, 0.4) is 0 Å². The van der Waals surface area contributed by atoms with Crippen LogP contribution in [0.5, 0.6) is 0 Å². The summed E-state index contributed by atoms with van der Waals surface area (Å²) in [6.07, 6.45) is 15.4. The number of ether oxygens (including phenoxy) is 1. The molecule has 0 bridgehead atoms. The molecule has 0 N–H and O–H groups in total. The quantitative estimate of drug-likeness (QED) is 0.519. The Morgan fingerprint density at radius 3 is 2.86 bits per heavy atom. The number of rotatable bonds is 2. The van der Waals surface area contributed by atoms with Gasteiger partial charge in [0.2, 0.25) is 0 Å². The molecule has 0 aromatic rings. The summed E-state index contributed by atoms with van der Waals surface area (Å²) in [5.74, 6) is 4.35. The van der Waals surface area contributed by atoms with Gasteiger partial charge in [-0.25, -0.2) is 4.79 Å². The molecule has 3 heteroatoms. The van der Waals surface area contributed by atoms with E-state index in [0.717, 1.165) is 32.1 Å². The number of allylic oxidation sites excluding steroid dienone is 2. The van der Waals surface area contributed by atoms with Gasteiger partial charge < -0.3 is 4.74 Å². The van der Waals surface area contributed by atoms with Gasteiger partial charge in [0, 0.05) is 23.8 Å². The number of ketones is 1. The summed E-state index contributed by atoms with van der Waals surface area (Å²) >= 11 is 0. The standard InChI is InChI=1S/C25H30O3/c1-3-14-11-15-12-16(26)5-6-17(15)18-7-9-24(4-2)23(22(14)18)19-13-20(19)25(24)10-8-21(27)28-25/h3,8,10,12,14,17-20,22-23H,1,4-7,9,11,13H2,2H3/t14-,17+,18?,19+,20-,22?,23?,24+,25+/m1/s1. The molecule has 1 aliphatic heterocycles. The Balaban J connectivity index is 1.45. The van der Waals surface area contributed by atoms with E-state index in [1.807, 2.05) is 6.08 Å². The van der Waals surface area contributed by atoms with Crippen LogP contribution in [0.25, 0.3) is 0 Å². The van der Waals surface area contributed by atoms with Crippen LogP contribution < -0.4 is 0 Å². The third-order valence-electron chi connectivity index (χ3n) is 9.78. The maximum absolute atomic E-state index is 12.2. The second kappa shape index (κ2) is 5.49. The molecule has 1 heterocycles. The highest BCUT2D eigenvalue weighted by molar-refractivity contribution is 5.91. The SMILES string of the molecule is C=C[C@@H]1CC2=CC(=O)CC[C@@H]2C2CC[C@@]3(CC)C(C21)[C@H]1C[C@H]1[C@@]31C=CC(=O)O1. The molecule has 9 atom stereocenters. The van der Waals surface area contributed by atoms with Gasteiger partial charge in [-0.2, -0.15) is 0 Å². The number of carbonyl (C=O) groups is 2. The lowest BCUT2D eigenvalue weighted by Crippen LogP contribution is -2.57. The van der Waals surface area contributed by atoms with E-state index in [0.29, 0.717) is 47.2 Å². The largest absolute Gasteiger partial charge is 0.451 e. The van der Waals surface area contributed by atoms with Crippen molar-refractivity contribution in [1.29, 1.82) is 0 Å². The van der Waals surface area contributed by atoms with Gasteiger partial charge in [0.05, 0.1) is 0 Å². The normalized spacial score (nSPS) is 53.0. The molecule has 6 rings (SSSR count). The average molecular weight is 379 g/mol. The first kappa shape index (κ1) is 17.2. The number of hydrogen-bond acceptors (Lipinski definition) is 3. The molecule has 6 aliphatic rings. The van der Waals surface area contributed by atoms with Crippen molar-refractivity contribution in [3.05, 3.63) is 36.5 Å². The van der Waals surface area contributed by atoms with Gasteiger partial charge in [-0.1, -0.05) is 18.6 Å². The summed E-state index contributed by atoms with van der Waals surface area (Å²) in [6.45, 7) is 6.54. The maximum Gasteiger partial charge on any atom is 0.331 e. The maximum atomic E-state index is 12.2. The third-order valence-corrected chi connectivity index (χ3v) is 9.78. The Bertz CT molecular complexity index is 837. The zero-order valence-electron chi connectivity index (χ0n) is 16.7. The molecule has 1 spiro atoms. The zero-order valence-corrected chi connectivity index (χ0v) is 16.7. The van der Waals surface area contributed by atoms with Crippen LogP contribution in [-0.4, -0.2) is 17.4 Å². The highest BCUT2D eigenvalue weighted by Crippen LogP contribution is 2.79. The highest BCUT2D eigenvalue weighted by atomic mass is 16.6. The van der Waals surface area contributed by atoms with Crippen molar-refractivity contribution >= 4 is 11.8 Å². The molecule has 3 nitrogen and oxygen atoms in total. The molecule has 0 aromatic heterocycles. The molecule has 0 saturated heterocycles. The minimum absolute atomic E-state index is 0.0946. The van der Waals surface area contributed by atoms with Crippen LogP contribution in [-0.2, 0) is 14.3 Å². The van der Waals surface area contributed by atoms with Gasteiger partial charge in [0.1, 0.15) is 5.60 Å². The van der Waals surface area contributed by atoms with Crippen molar-refractivity contribution in [2.24, 2.45) is 46.8 Å². The van der Waals surface area contributed by atoms with Crippen LogP contribution in [0.4, 0.5) is 0 Å². The van der Waals surface area contributed by atoms with Gasteiger partial charge in [-0.3, -0.25) is 4.79 Å².